The largest absolute Gasteiger partial charge is 0.313 e. The summed E-state index contributed by atoms with van der Waals surface area (Å²) in [6, 6.07) is 8.41. The number of hydrogen-bond donors (Lipinski definition) is 1. The summed E-state index contributed by atoms with van der Waals surface area (Å²) in [7, 11) is 0. The van der Waals surface area contributed by atoms with E-state index < -0.39 is 0 Å². The molecule has 0 amide bonds. The summed E-state index contributed by atoms with van der Waals surface area (Å²) in [4.78, 5) is 0. The Kier molecular flexibility index (Phi) is 4.33. The van der Waals surface area contributed by atoms with Crippen molar-refractivity contribution in [2.45, 2.75) is 19.9 Å². The SMILES string of the molecule is CCCNCc1ccc(Br)cc1. The summed E-state index contributed by atoms with van der Waals surface area (Å²) in [5.74, 6) is 0. The summed E-state index contributed by atoms with van der Waals surface area (Å²) >= 11 is 3.41. The van der Waals surface area contributed by atoms with Crippen molar-refractivity contribution in [1.82, 2.24) is 5.32 Å². The number of halogens is 1. The first kappa shape index (κ1) is 9.75. The monoisotopic (exact) mass is 227 g/mol. The first-order valence-corrected chi connectivity index (χ1v) is 5.07. The molecule has 1 nitrogen and oxygen atoms in total. The molecule has 0 aliphatic heterocycles. The van der Waals surface area contributed by atoms with E-state index in [0.717, 1.165) is 17.6 Å². The second-order valence-corrected chi connectivity index (χ2v) is 3.72. The van der Waals surface area contributed by atoms with Gasteiger partial charge in [0.05, 0.1) is 0 Å². The second-order valence-electron chi connectivity index (χ2n) is 2.80. The van der Waals surface area contributed by atoms with Crippen LogP contribution in [0.15, 0.2) is 28.7 Å². The maximum atomic E-state index is 3.41. The van der Waals surface area contributed by atoms with Crippen molar-refractivity contribution in [2.75, 3.05) is 6.54 Å². The third-order valence-electron chi connectivity index (χ3n) is 1.67. The lowest BCUT2D eigenvalue weighted by Gasteiger charge is -2.02. The Balaban J connectivity index is 2.37. The third kappa shape index (κ3) is 3.37. The molecule has 1 N–H and O–H groups in total. The van der Waals surface area contributed by atoms with E-state index in [0.29, 0.717) is 0 Å². The zero-order valence-corrected chi connectivity index (χ0v) is 8.89. The minimum atomic E-state index is 0.973. The van der Waals surface area contributed by atoms with E-state index >= 15 is 0 Å². The van der Waals surface area contributed by atoms with E-state index in [2.05, 4.69) is 52.4 Å². The minimum absolute atomic E-state index is 0.973. The molecule has 0 heterocycles. The van der Waals surface area contributed by atoms with Gasteiger partial charge in [0.25, 0.3) is 0 Å². The molecule has 0 fully saturated rings. The van der Waals surface area contributed by atoms with Crippen LogP contribution in [-0.4, -0.2) is 6.54 Å². The van der Waals surface area contributed by atoms with Crippen LogP contribution in [0, 0.1) is 0 Å². The van der Waals surface area contributed by atoms with E-state index in [9.17, 15) is 0 Å². The maximum absolute atomic E-state index is 3.41. The van der Waals surface area contributed by atoms with Crippen molar-refractivity contribution in [3.8, 4) is 0 Å². The van der Waals surface area contributed by atoms with Crippen molar-refractivity contribution in [2.24, 2.45) is 0 Å². The summed E-state index contributed by atoms with van der Waals surface area (Å²) in [6.45, 7) is 4.24. The molecule has 0 aromatic heterocycles. The fourth-order valence-corrected chi connectivity index (χ4v) is 1.28. The minimum Gasteiger partial charge on any atom is -0.313 e. The molecule has 0 bridgehead atoms. The molecule has 0 atom stereocenters. The Bertz CT molecular complexity index is 218. The Morgan fingerprint density at radius 1 is 1.25 bits per heavy atom. The van der Waals surface area contributed by atoms with Crippen LogP contribution < -0.4 is 5.32 Å². The number of benzene rings is 1. The fraction of sp³-hybridized carbons (Fsp3) is 0.400. The zero-order valence-electron chi connectivity index (χ0n) is 7.31. The van der Waals surface area contributed by atoms with Crippen LogP contribution in [0.1, 0.15) is 18.9 Å². The van der Waals surface area contributed by atoms with E-state index in [4.69, 9.17) is 0 Å². The number of hydrogen-bond acceptors (Lipinski definition) is 1. The molecule has 1 aromatic carbocycles. The van der Waals surface area contributed by atoms with Gasteiger partial charge >= 0.3 is 0 Å². The quantitative estimate of drug-likeness (QED) is 0.781. The lowest BCUT2D eigenvalue weighted by Crippen LogP contribution is -2.13. The Hall–Kier alpha value is -0.340. The molecule has 1 aromatic rings. The predicted molar refractivity (Wildman–Crippen MR) is 56.1 cm³/mol. The number of nitrogens with one attached hydrogen (secondary N) is 1. The molecule has 1 rings (SSSR count). The molecule has 0 saturated carbocycles. The Labute approximate surface area is 82.3 Å². The van der Waals surface area contributed by atoms with Gasteiger partial charge < -0.3 is 5.32 Å². The summed E-state index contributed by atoms with van der Waals surface area (Å²) in [5, 5.41) is 3.36. The van der Waals surface area contributed by atoms with Gasteiger partial charge in [-0.3, -0.25) is 0 Å². The number of rotatable bonds is 4. The lowest BCUT2D eigenvalue weighted by atomic mass is 10.2. The Morgan fingerprint density at radius 3 is 2.50 bits per heavy atom. The van der Waals surface area contributed by atoms with Gasteiger partial charge in [-0.15, -0.1) is 0 Å². The zero-order chi connectivity index (χ0) is 8.81. The maximum Gasteiger partial charge on any atom is 0.0205 e. The highest BCUT2D eigenvalue weighted by Crippen LogP contribution is 2.09. The van der Waals surface area contributed by atoms with Crippen LogP contribution >= 0.6 is 15.9 Å². The molecule has 0 unspecified atom stereocenters. The molecule has 0 spiro atoms. The van der Waals surface area contributed by atoms with Crippen molar-refractivity contribution in [3.63, 3.8) is 0 Å². The van der Waals surface area contributed by atoms with Crippen LogP contribution in [0.5, 0.6) is 0 Å². The van der Waals surface area contributed by atoms with Crippen LogP contribution in [0.4, 0.5) is 0 Å². The molecular formula is C10H14BrN. The molecule has 66 valence electrons. The van der Waals surface area contributed by atoms with Gasteiger partial charge in [0.1, 0.15) is 0 Å². The van der Waals surface area contributed by atoms with Crippen LogP contribution in [-0.2, 0) is 6.54 Å². The van der Waals surface area contributed by atoms with Gasteiger partial charge in [-0.2, -0.15) is 0 Å². The van der Waals surface area contributed by atoms with Gasteiger partial charge in [-0.05, 0) is 30.7 Å². The molecule has 12 heavy (non-hydrogen) atoms. The summed E-state index contributed by atoms with van der Waals surface area (Å²) < 4.78 is 1.14. The van der Waals surface area contributed by atoms with Crippen LogP contribution in [0.25, 0.3) is 0 Å². The molecular weight excluding hydrogens is 214 g/mol. The Morgan fingerprint density at radius 2 is 1.92 bits per heavy atom. The van der Waals surface area contributed by atoms with Crippen molar-refractivity contribution in [1.29, 1.82) is 0 Å². The third-order valence-corrected chi connectivity index (χ3v) is 2.20. The normalized spacial score (nSPS) is 10.2. The highest BCUT2D eigenvalue weighted by atomic mass is 79.9. The second kappa shape index (κ2) is 5.33. The van der Waals surface area contributed by atoms with E-state index in [1.165, 1.54) is 12.0 Å². The van der Waals surface area contributed by atoms with Gasteiger partial charge in [0.2, 0.25) is 0 Å². The van der Waals surface area contributed by atoms with Gasteiger partial charge in [-0.1, -0.05) is 35.0 Å². The molecule has 2 heteroatoms. The lowest BCUT2D eigenvalue weighted by molar-refractivity contribution is 0.675. The van der Waals surface area contributed by atoms with Crippen LogP contribution in [0.2, 0.25) is 0 Å². The van der Waals surface area contributed by atoms with Crippen molar-refractivity contribution >= 4 is 15.9 Å². The molecule has 0 saturated heterocycles. The van der Waals surface area contributed by atoms with E-state index in [1.807, 2.05) is 0 Å². The van der Waals surface area contributed by atoms with Crippen molar-refractivity contribution in [3.05, 3.63) is 34.3 Å². The van der Waals surface area contributed by atoms with Crippen LogP contribution in [0.3, 0.4) is 0 Å². The van der Waals surface area contributed by atoms with Gasteiger partial charge in [-0.25, -0.2) is 0 Å². The molecule has 0 radical (unpaired) electrons. The highest BCUT2D eigenvalue weighted by Gasteiger charge is 1.90. The predicted octanol–water partition coefficient (Wildman–Crippen LogP) is 2.95. The smallest absolute Gasteiger partial charge is 0.0205 e. The molecule has 0 aliphatic carbocycles. The standard InChI is InChI=1S/C10H14BrN/c1-2-7-12-8-9-3-5-10(11)6-4-9/h3-6,12H,2,7-8H2,1H3. The fourth-order valence-electron chi connectivity index (χ4n) is 1.01. The van der Waals surface area contributed by atoms with Gasteiger partial charge in [0, 0.05) is 11.0 Å². The first-order chi connectivity index (χ1) is 5.83. The van der Waals surface area contributed by atoms with Gasteiger partial charge in [0.15, 0.2) is 0 Å². The van der Waals surface area contributed by atoms with E-state index in [1.54, 1.807) is 0 Å². The topological polar surface area (TPSA) is 12.0 Å². The average molecular weight is 228 g/mol. The summed E-state index contributed by atoms with van der Waals surface area (Å²) in [6.07, 6.45) is 1.19. The summed E-state index contributed by atoms with van der Waals surface area (Å²) in [5.41, 5.74) is 1.34. The highest BCUT2D eigenvalue weighted by molar-refractivity contribution is 9.10. The first-order valence-electron chi connectivity index (χ1n) is 4.28. The van der Waals surface area contributed by atoms with Crippen molar-refractivity contribution < 1.29 is 0 Å². The molecule has 0 aliphatic rings. The van der Waals surface area contributed by atoms with E-state index in [-0.39, 0.29) is 0 Å². The average Bonchev–Trinajstić information content (AvgIpc) is 2.09.